The van der Waals surface area contributed by atoms with Gasteiger partial charge in [-0.15, -0.1) is 0 Å². The maximum Gasteiger partial charge on any atom is 0.258 e. The predicted molar refractivity (Wildman–Crippen MR) is 102 cm³/mol. The molecule has 1 heterocycles. The van der Waals surface area contributed by atoms with Crippen molar-refractivity contribution in [2.45, 2.75) is 70.9 Å². The van der Waals surface area contributed by atoms with E-state index >= 15 is 0 Å². The Morgan fingerprint density at radius 2 is 1.75 bits per heavy atom. The van der Waals surface area contributed by atoms with Crippen LogP contribution >= 0.6 is 11.8 Å². The number of aromatic nitrogens is 2. The summed E-state index contributed by atoms with van der Waals surface area (Å²) in [6.45, 7) is 9.69. The molecule has 0 atom stereocenters. The second-order valence-electron chi connectivity index (χ2n) is 6.17. The Morgan fingerprint density at radius 3 is 2.33 bits per heavy atom. The highest BCUT2D eigenvalue weighted by molar-refractivity contribution is 7.99. The van der Waals surface area contributed by atoms with Gasteiger partial charge in [-0.25, -0.2) is 0 Å². The lowest BCUT2D eigenvalue weighted by molar-refractivity contribution is 0.292. The molecule has 138 valence electrons. The van der Waals surface area contributed by atoms with Gasteiger partial charge in [0.15, 0.2) is 5.16 Å². The fourth-order valence-electron chi connectivity index (χ4n) is 2.73. The van der Waals surface area contributed by atoms with Crippen LogP contribution in [0.15, 0.2) is 9.95 Å². The van der Waals surface area contributed by atoms with Crippen LogP contribution in [0, 0.1) is 0 Å². The normalized spacial score (nSPS) is 11.3. The number of hydrogen-bond donors (Lipinski definition) is 2. The summed E-state index contributed by atoms with van der Waals surface area (Å²) in [5.41, 5.74) is 0.231. The van der Waals surface area contributed by atoms with Crippen LogP contribution < -0.4 is 5.56 Å². The quantitative estimate of drug-likeness (QED) is 0.320. The first-order valence-electron chi connectivity index (χ1n) is 9.29. The lowest BCUT2D eigenvalue weighted by Gasteiger charge is -2.20. The van der Waals surface area contributed by atoms with Gasteiger partial charge in [-0.3, -0.25) is 4.79 Å². The molecule has 2 N–H and O–H groups in total. The number of rotatable bonds is 13. The van der Waals surface area contributed by atoms with Gasteiger partial charge in [0.25, 0.3) is 5.56 Å². The Labute approximate surface area is 150 Å². The molecule has 0 spiro atoms. The van der Waals surface area contributed by atoms with Crippen LogP contribution in [-0.2, 0) is 6.42 Å². The molecule has 0 aliphatic rings. The molecule has 0 aliphatic carbocycles. The van der Waals surface area contributed by atoms with Crippen molar-refractivity contribution in [3.05, 3.63) is 15.9 Å². The molecule has 0 aliphatic heterocycles. The first kappa shape index (κ1) is 21.0. The topological polar surface area (TPSA) is 69.2 Å². The minimum Gasteiger partial charge on any atom is -0.493 e. The van der Waals surface area contributed by atoms with Crippen LogP contribution in [-0.4, -0.2) is 45.4 Å². The van der Waals surface area contributed by atoms with Gasteiger partial charge in [0, 0.05) is 12.3 Å². The van der Waals surface area contributed by atoms with E-state index in [0.717, 1.165) is 63.9 Å². The molecule has 0 bridgehead atoms. The number of aromatic amines is 1. The standard InChI is InChI=1S/C18H33N3O2S/c1-4-7-8-9-10-15-16(22)19-18(20-17(15)23)24-14-13-21(11-5-2)12-6-3/h4-14H2,1-3H3,(H2,19,20,22,23). The average Bonchev–Trinajstić information content (AvgIpc) is 2.54. The largest absolute Gasteiger partial charge is 0.493 e. The molecule has 0 fully saturated rings. The third kappa shape index (κ3) is 7.71. The summed E-state index contributed by atoms with van der Waals surface area (Å²) in [7, 11) is 0. The summed E-state index contributed by atoms with van der Waals surface area (Å²) in [4.78, 5) is 21.6. The van der Waals surface area contributed by atoms with E-state index in [1.165, 1.54) is 11.8 Å². The lowest BCUT2D eigenvalue weighted by atomic mass is 10.1. The summed E-state index contributed by atoms with van der Waals surface area (Å²) >= 11 is 1.50. The molecule has 6 heteroatoms. The van der Waals surface area contributed by atoms with E-state index in [4.69, 9.17) is 0 Å². The van der Waals surface area contributed by atoms with Crippen LogP contribution in [0.4, 0.5) is 0 Å². The van der Waals surface area contributed by atoms with Gasteiger partial charge in [-0.05, 0) is 38.8 Å². The summed E-state index contributed by atoms with van der Waals surface area (Å²) in [5, 5.41) is 10.6. The fourth-order valence-corrected chi connectivity index (χ4v) is 3.59. The van der Waals surface area contributed by atoms with E-state index < -0.39 is 0 Å². The van der Waals surface area contributed by atoms with Crippen molar-refractivity contribution in [1.82, 2.24) is 14.9 Å². The first-order valence-corrected chi connectivity index (χ1v) is 10.3. The molecule has 1 rings (SSSR count). The van der Waals surface area contributed by atoms with Gasteiger partial charge in [0.2, 0.25) is 5.88 Å². The van der Waals surface area contributed by atoms with E-state index in [1.54, 1.807) is 0 Å². The van der Waals surface area contributed by atoms with E-state index in [-0.39, 0.29) is 11.4 Å². The zero-order valence-corrected chi connectivity index (χ0v) is 16.3. The van der Waals surface area contributed by atoms with Crippen LogP contribution in [0.2, 0.25) is 0 Å². The van der Waals surface area contributed by atoms with Crippen molar-refractivity contribution in [3.63, 3.8) is 0 Å². The van der Waals surface area contributed by atoms with E-state index in [9.17, 15) is 9.90 Å². The molecule has 0 saturated carbocycles. The molecule has 0 aromatic carbocycles. The SMILES string of the molecule is CCCCCCc1c(O)nc(SCCN(CCC)CCC)[nH]c1=O. The van der Waals surface area contributed by atoms with Crippen molar-refractivity contribution in [1.29, 1.82) is 0 Å². The van der Waals surface area contributed by atoms with Crippen LogP contribution in [0.1, 0.15) is 64.9 Å². The van der Waals surface area contributed by atoms with Crippen molar-refractivity contribution >= 4 is 11.8 Å². The highest BCUT2D eigenvalue weighted by Crippen LogP contribution is 2.18. The maximum atomic E-state index is 12.1. The molecule has 24 heavy (non-hydrogen) atoms. The average molecular weight is 356 g/mol. The van der Waals surface area contributed by atoms with Gasteiger partial charge in [0.1, 0.15) is 0 Å². The van der Waals surface area contributed by atoms with Gasteiger partial charge in [0.05, 0.1) is 5.56 Å². The highest BCUT2D eigenvalue weighted by Gasteiger charge is 2.11. The van der Waals surface area contributed by atoms with Crippen LogP contribution in [0.3, 0.4) is 0 Å². The van der Waals surface area contributed by atoms with E-state index in [2.05, 4.69) is 35.6 Å². The van der Waals surface area contributed by atoms with Crippen molar-refractivity contribution in [3.8, 4) is 5.88 Å². The number of H-pyrrole nitrogens is 1. The van der Waals surface area contributed by atoms with Crippen LogP contribution in [0.25, 0.3) is 0 Å². The fraction of sp³-hybridized carbons (Fsp3) is 0.778. The minimum absolute atomic E-state index is 0.100. The Kier molecular flexibility index (Phi) is 10.8. The molecule has 1 aromatic heterocycles. The number of nitrogens with one attached hydrogen (secondary N) is 1. The summed E-state index contributed by atoms with van der Waals surface area (Å²) in [6, 6.07) is 0. The summed E-state index contributed by atoms with van der Waals surface area (Å²) in [5.74, 6) is 0.759. The van der Waals surface area contributed by atoms with E-state index in [0.29, 0.717) is 17.1 Å². The third-order valence-corrected chi connectivity index (χ3v) is 4.83. The molecular formula is C18H33N3O2S. The maximum absolute atomic E-state index is 12.1. The molecule has 0 radical (unpaired) electrons. The van der Waals surface area contributed by atoms with Crippen LogP contribution in [0.5, 0.6) is 5.88 Å². The molecule has 5 nitrogen and oxygen atoms in total. The minimum atomic E-state index is -0.194. The zero-order chi connectivity index (χ0) is 17.8. The Balaban J connectivity index is 2.53. The van der Waals surface area contributed by atoms with E-state index in [1.807, 2.05) is 0 Å². The monoisotopic (exact) mass is 355 g/mol. The Morgan fingerprint density at radius 1 is 1.04 bits per heavy atom. The van der Waals surface area contributed by atoms with Crippen molar-refractivity contribution in [2.75, 3.05) is 25.4 Å². The van der Waals surface area contributed by atoms with Gasteiger partial charge in [-0.1, -0.05) is 51.8 Å². The highest BCUT2D eigenvalue weighted by atomic mass is 32.2. The first-order chi connectivity index (χ1) is 11.6. The van der Waals surface area contributed by atoms with Gasteiger partial charge >= 0.3 is 0 Å². The van der Waals surface area contributed by atoms with Gasteiger partial charge in [-0.2, -0.15) is 4.98 Å². The van der Waals surface area contributed by atoms with Crippen molar-refractivity contribution in [2.24, 2.45) is 0 Å². The zero-order valence-electron chi connectivity index (χ0n) is 15.4. The lowest BCUT2D eigenvalue weighted by Crippen LogP contribution is -2.28. The number of thioether (sulfide) groups is 1. The molecule has 0 saturated heterocycles. The smallest absolute Gasteiger partial charge is 0.258 e. The molecule has 0 unspecified atom stereocenters. The number of hydrogen-bond acceptors (Lipinski definition) is 5. The summed E-state index contributed by atoms with van der Waals surface area (Å²) in [6.07, 6.45) is 7.20. The van der Waals surface area contributed by atoms with Crippen molar-refractivity contribution < 1.29 is 5.11 Å². The Hall–Kier alpha value is -1.01. The van der Waals surface area contributed by atoms with Gasteiger partial charge < -0.3 is 15.0 Å². The third-order valence-electron chi connectivity index (χ3n) is 3.98. The second-order valence-corrected chi connectivity index (χ2v) is 7.26. The second kappa shape index (κ2) is 12.4. The predicted octanol–water partition coefficient (Wildman–Crippen LogP) is 3.81. The number of aromatic hydroxyl groups is 1. The summed E-state index contributed by atoms with van der Waals surface area (Å²) < 4.78 is 0. The number of unbranched alkanes of at least 4 members (excludes halogenated alkanes) is 3. The number of nitrogens with zero attached hydrogens (tertiary/aromatic N) is 2. The molecule has 0 amide bonds. The Bertz CT molecular complexity index is 513. The molecular weight excluding hydrogens is 322 g/mol. The molecule has 1 aromatic rings.